The SMILES string of the molecule is CC(=O)OC[C@@H](OC(C)=O)[C@H](OC(C)=O)[C@@H](CC[C@@H](C)[C@H]1CC[C@]2(C)[C@H]3C=C[C@@H]4[C@@]5(C)CC[C@H](C)C(C)(C)[C@H]5C=C[C@@]4(C)[C@]3(C)CC[C@@H]12)OC(C)=O. The largest absolute Gasteiger partial charge is 0.462 e. The molecule has 0 aliphatic heterocycles. The van der Waals surface area contributed by atoms with E-state index in [1.165, 1.54) is 59.8 Å². The van der Waals surface area contributed by atoms with Crippen LogP contribution in [0, 0.1) is 68.5 Å². The van der Waals surface area contributed by atoms with Crippen LogP contribution in [-0.2, 0) is 38.1 Å². The Morgan fingerprint density at radius 3 is 1.88 bits per heavy atom. The van der Waals surface area contributed by atoms with E-state index in [1.54, 1.807) is 0 Å². The summed E-state index contributed by atoms with van der Waals surface area (Å²) in [6.07, 6.45) is 16.0. The molecular weight excluding hydrogens is 656 g/mol. The highest BCUT2D eigenvalue weighted by molar-refractivity contribution is 5.68. The number of allylic oxidation sites excluding steroid dienone is 4. The first-order valence-corrected chi connectivity index (χ1v) is 20.1. The van der Waals surface area contributed by atoms with Gasteiger partial charge >= 0.3 is 23.9 Å². The first-order chi connectivity index (χ1) is 24.1. The third kappa shape index (κ3) is 6.91. The van der Waals surface area contributed by atoms with Crippen LogP contribution < -0.4 is 0 Å². The first-order valence-electron chi connectivity index (χ1n) is 20.1. The number of hydrogen-bond acceptors (Lipinski definition) is 8. The predicted octanol–water partition coefficient (Wildman–Crippen LogP) is 9.05. The van der Waals surface area contributed by atoms with Gasteiger partial charge in [0, 0.05) is 27.7 Å². The summed E-state index contributed by atoms with van der Waals surface area (Å²) >= 11 is 0. The Morgan fingerprint density at radius 2 is 1.27 bits per heavy atom. The lowest BCUT2D eigenvalue weighted by molar-refractivity contribution is -0.190. The van der Waals surface area contributed by atoms with Gasteiger partial charge in [0.1, 0.15) is 12.7 Å². The molecule has 14 atom stereocenters. The molecule has 0 bridgehead atoms. The molecule has 5 aliphatic carbocycles. The van der Waals surface area contributed by atoms with Crippen molar-refractivity contribution >= 4 is 23.9 Å². The molecule has 3 saturated carbocycles. The second-order valence-corrected chi connectivity index (χ2v) is 19.2. The van der Waals surface area contributed by atoms with Crippen molar-refractivity contribution in [1.82, 2.24) is 0 Å². The van der Waals surface area contributed by atoms with Gasteiger partial charge in [-0.2, -0.15) is 0 Å². The van der Waals surface area contributed by atoms with Crippen molar-refractivity contribution in [2.24, 2.45) is 68.5 Å². The average Bonchev–Trinajstić information content (AvgIpc) is 3.39. The van der Waals surface area contributed by atoms with Gasteiger partial charge in [0.15, 0.2) is 12.2 Å². The van der Waals surface area contributed by atoms with Gasteiger partial charge in [-0.3, -0.25) is 19.2 Å². The van der Waals surface area contributed by atoms with E-state index in [4.69, 9.17) is 18.9 Å². The standard InChI is InChI=1S/C44H68O8/c1-26(13-14-34(50-29(4)46)39(52-31(6)48)35(51-30(5)47)25-49-28(3)45)32-18-22-41(9)33(32)19-23-43(11)37(41)15-16-38-42(10)21-17-27(2)40(7,8)36(42)20-24-44(38,43)12/h15-16,20,24,26-27,32-39H,13-14,17-19,21-23,25H2,1-12H3/t26-,27+,32-,33+,34-,35-,36-,37-,38-,39-,41+,42+,43-,44-/m1/s1. The minimum atomic E-state index is -1.12. The highest BCUT2D eigenvalue weighted by atomic mass is 16.6. The lowest BCUT2D eigenvalue weighted by atomic mass is 9.34. The quantitative estimate of drug-likeness (QED) is 0.118. The van der Waals surface area contributed by atoms with E-state index in [0.29, 0.717) is 41.9 Å². The molecule has 8 nitrogen and oxygen atoms in total. The zero-order valence-electron chi connectivity index (χ0n) is 34.2. The highest BCUT2D eigenvalue weighted by Gasteiger charge is 2.68. The molecule has 8 heteroatoms. The summed E-state index contributed by atoms with van der Waals surface area (Å²) in [6.45, 7) is 24.9. The Bertz CT molecular complexity index is 1450. The molecule has 0 aromatic heterocycles. The van der Waals surface area contributed by atoms with Crippen molar-refractivity contribution < 1.29 is 38.1 Å². The predicted molar refractivity (Wildman–Crippen MR) is 200 cm³/mol. The average molecular weight is 725 g/mol. The van der Waals surface area contributed by atoms with E-state index >= 15 is 0 Å². The van der Waals surface area contributed by atoms with Gasteiger partial charge < -0.3 is 18.9 Å². The maximum Gasteiger partial charge on any atom is 0.303 e. The Kier molecular flexibility index (Phi) is 11.3. The van der Waals surface area contributed by atoms with Crippen LogP contribution in [0.1, 0.15) is 134 Å². The Balaban J connectivity index is 1.36. The zero-order valence-corrected chi connectivity index (χ0v) is 34.2. The summed E-state index contributed by atoms with van der Waals surface area (Å²) < 4.78 is 22.1. The van der Waals surface area contributed by atoms with E-state index in [0.717, 1.165) is 18.8 Å². The summed E-state index contributed by atoms with van der Waals surface area (Å²) in [6, 6.07) is 0. The molecule has 292 valence electrons. The van der Waals surface area contributed by atoms with Crippen LogP contribution in [0.5, 0.6) is 0 Å². The second-order valence-electron chi connectivity index (χ2n) is 19.2. The molecule has 0 amide bonds. The number of hydrogen-bond donors (Lipinski definition) is 0. The molecule has 5 aliphatic rings. The van der Waals surface area contributed by atoms with Crippen LogP contribution in [0.15, 0.2) is 24.3 Å². The second kappa shape index (κ2) is 14.5. The number of ether oxygens (including phenoxy) is 4. The van der Waals surface area contributed by atoms with Crippen molar-refractivity contribution in [2.45, 2.75) is 153 Å². The highest BCUT2D eigenvalue weighted by Crippen LogP contribution is 2.75. The number of rotatable bonds is 11. The van der Waals surface area contributed by atoms with Crippen LogP contribution in [0.2, 0.25) is 0 Å². The molecule has 0 N–H and O–H groups in total. The molecule has 5 rings (SSSR count). The summed E-state index contributed by atoms with van der Waals surface area (Å²) in [5.74, 6) is 1.41. The Morgan fingerprint density at radius 1 is 0.673 bits per heavy atom. The van der Waals surface area contributed by atoms with Gasteiger partial charge in [-0.15, -0.1) is 0 Å². The summed E-state index contributed by atoms with van der Waals surface area (Å²) in [5.41, 5.74) is 0.982. The maximum atomic E-state index is 12.4. The summed E-state index contributed by atoms with van der Waals surface area (Å²) in [5, 5.41) is 0. The molecule has 0 aromatic rings. The molecule has 0 spiro atoms. The third-order valence-corrected chi connectivity index (χ3v) is 16.1. The number of carbonyl (C=O) groups is 4. The summed E-state index contributed by atoms with van der Waals surface area (Å²) in [4.78, 5) is 48.3. The minimum Gasteiger partial charge on any atom is -0.462 e. The zero-order chi connectivity index (χ0) is 38.6. The molecule has 52 heavy (non-hydrogen) atoms. The van der Waals surface area contributed by atoms with Crippen LogP contribution in [0.25, 0.3) is 0 Å². The third-order valence-electron chi connectivity index (χ3n) is 16.1. The number of carbonyl (C=O) groups excluding carboxylic acids is 4. The number of esters is 4. The normalized spacial score (nSPS) is 40.8. The first kappa shape index (κ1) is 40.5. The topological polar surface area (TPSA) is 105 Å². The van der Waals surface area contributed by atoms with Crippen molar-refractivity contribution in [3.05, 3.63) is 24.3 Å². The molecule has 0 radical (unpaired) electrons. The van der Waals surface area contributed by atoms with Crippen LogP contribution in [-0.4, -0.2) is 48.8 Å². The molecule has 0 unspecified atom stereocenters. The van der Waals surface area contributed by atoms with Crippen molar-refractivity contribution in [3.63, 3.8) is 0 Å². The fraction of sp³-hybridized carbons (Fsp3) is 0.818. The van der Waals surface area contributed by atoms with E-state index in [9.17, 15) is 19.2 Å². The van der Waals surface area contributed by atoms with E-state index in [2.05, 4.69) is 79.7 Å². The molecular formula is C44H68O8. The molecule has 3 fully saturated rings. The minimum absolute atomic E-state index is 0.0968. The fourth-order valence-electron chi connectivity index (χ4n) is 13.0. The maximum absolute atomic E-state index is 12.4. The Labute approximate surface area is 313 Å². The monoisotopic (exact) mass is 724 g/mol. The molecule has 0 saturated heterocycles. The van der Waals surface area contributed by atoms with Gasteiger partial charge in [0.25, 0.3) is 0 Å². The van der Waals surface area contributed by atoms with Crippen LogP contribution in [0.3, 0.4) is 0 Å². The van der Waals surface area contributed by atoms with E-state index < -0.39 is 42.2 Å². The lowest BCUT2D eigenvalue weighted by Crippen LogP contribution is -2.63. The fourth-order valence-corrected chi connectivity index (χ4v) is 13.0. The van der Waals surface area contributed by atoms with Gasteiger partial charge in [0.05, 0.1) is 0 Å². The van der Waals surface area contributed by atoms with Crippen molar-refractivity contribution in [2.75, 3.05) is 6.61 Å². The van der Waals surface area contributed by atoms with E-state index in [1.807, 2.05) is 0 Å². The van der Waals surface area contributed by atoms with Gasteiger partial charge in [0.2, 0.25) is 0 Å². The number of fused-ring (bicyclic) bond motifs is 7. The smallest absolute Gasteiger partial charge is 0.303 e. The van der Waals surface area contributed by atoms with Crippen LogP contribution in [0.4, 0.5) is 0 Å². The molecule has 0 aromatic carbocycles. The van der Waals surface area contributed by atoms with Gasteiger partial charge in [-0.05, 0) is 120 Å². The Hall–Kier alpha value is -2.64. The van der Waals surface area contributed by atoms with Gasteiger partial charge in [-0.1, -0.05) is 79.7 Å². The lowest BCUT2D eigenvalue weighted by Gasteiger charge is -2.69. The molecule has 0 heterocycles. The summed E-state index contributed by atoms with van der Waals surface area (Å²) in [7, 11) is 0. The van der Waals surface area contributed by atoms with E-state index in [-0.39, 0.29) is 33.7 Å². The van der Waals surface area contributed by atoms with Crippen LogP contribution >= 0.6 is 0 Å². The van der Waals surface area contributed by atoms with Crippen molar-refractivity contribution in [1.29, 1.82) is 0 Å². The van der Waals surface area contributed by atoms with Gasteiger partial charge in [-0.25, -0.2) is 0 Å². The van der Waals surface area contributed by atoms with Crippen molar-refractivity contribution in [3.8, 4) is 0 Å².